The van der Waals surface area contributed by atoms with Gasteiger partial charge in [-0.3, -0.25) is 14.5 Å². The zero-order valence-corrected chi connectivity index (χ0v) is 17.3. The zero-order chi connectivity index (χ0) is 22.6. The predicted octanol–water partition coefficient (Wildman–Crippen LogP) is 1.21. The first-order valence-electron chi connectivity index (χ1n) is 8.09. The second-order valence-electron chi connectivity index (χ2n) is 5.81. The molecule has 9 nitrogen and oxygen atoms in total. The smallest absolute Gasteiger partial charge is 0.348 e. The molecule has 0 saturated heterocycles. The molecule has 13 heteroatoms. The summed E-state index contributed by atoms with van der Waals surface area (Å²) >= 11 is 10.8. The Morgan fingerprint density at radius 1 is 1.17 bits per heavy atom. The van der Waals surface area contributed by atoms with E-state index in [9.17, 15) is 18.4 Å². The quantitative estimate of drug-likeness (QED) is 0.474. The molecule has 0 aliphatic rings. The number of hydrogen-bond acceptors (Lipinski definition) is 6. The second-order valence-corrected chi connectivity index (χ2v) is 6.63. The highest BCUT2D eigenvalue weighted by Gasteiger charge is 2.09. The number of rotatable bonds is 1. The van der Waals surface area contributed by atoms with Gasteiger partial charge in [0.2, 0.25) is 0 Å². The average Bonchev–Trinajstić information content (AvgIpc) is 2.72. The number of nitrogens with zero attached hydrogens (tertiary/aromatic N) is 4. The average molecular weight is 456 g/mol. The molecule has 0 bridgehead atoms. The summed E-state index contributed by atoms with van der Waals surface area (Å²) < 4.78 is 28.6. The van der Waals surface area contributed by atoms with Crippen LogP contribution in [0.4, 0.5) is 20.3 Å². The van der Waals surface area contributed by atoms with E-state index < -0.39 is 28.5 Å². The van der Waals surface area contributed by atoms with Crippen LogP contribution in [0.15, 0.2) is 46.2 Å². The molecule has 0 amide bonds. The lowest BCUT2D eigenvalue weighted by Crippen LogP contribution is -2.43. The van der Waals surface area contributed by atoms with Gasteiger partial charge in [-0.05, 0) is 36.5 Å². The molecule has 0 saturated carbocycles. The van der Waals surface area contributed by atoms with E-state index in [0.29, 0.717) is 10.7 Å². The van der Waals surface area contributed by atoms with Crippen molar-refractivity contribution in [3.63, 3.8) is 0 Å². The number of halogens is 3. The molecule has 0 fully saturated rings. The number of nitrogens with one attached hydrogen (secondary N) is 2. The Balaban J connectivity index is 0.000000269. The lowest BCUT2D eigenvalue weighted by molar-refractivity contribution is 0.547. The standard InChI is InChI=1S/C12H10ClFN4OS.C5H6FN3O/c1-17-10(15)9(14)6-18(12(17)19)11(20)16-8-4-2-7(13)3-5-8;1-9-4(7)3(6)2-8-5(9)10/h2-6,15H,1H3,(H,16,20);2H,7H2,1H3. The zero-order valence-electron chi connectivity index (χ0n) is 15.7. The first-order valence-corrected chi connectivity index (χ1v) is 8.88. The van der Waals surface area contributed by atoms with Gasteiger partial charge in [-0.25, -0.2) is 22.9 Å². The van der Waals surface area contributed by atoms with Gasteiger partial charge in [-0.1, -0.05) is 11.6 Å². The fraction of sp³-hybridized carbons (Fsp3) is 0.118. The van der Waals surface area contributed by atoms with Crippen LogP contribution in [0.1, 0.15) is 0 Å². The minimum Gasteiger partial charge on any atom is -0.382 e. The molecule has 3 rings (SSSR count). The third-order valence-corrected chi connectivity index (χ3v) is 4.34. The van der Waals surface area contributed by atoms with Crippen molar-refractivity contribution in [2.24, 2.45) is 14.1 Å². The van der Waals surface area contributed by atoms with E-state index >= 15 is 0 Å². The number of nitrogen functional groups attached to an aromatic ring is 1. The van der Waals surface area contributed by atoms with E-state index in [-0.39, 0.29) is 10.9 Å². The summed E-state index contributed by atoms with van der Waals surface area (Å²) in [5, 5.41) is 10.7. The van der Waals surface area contributed by atoms with Crippen LogP contribution < -0.4 is 27.9 Å². The molecule has 2 heterocycles. The summed E-state index contributed by atoms with van der Waals surface area (Å²) in [5.74, 6) is -1.71. The van der Waals surface area contributed by atoms with Crippen molar-refractivity contribution in [2.75, 3.05) is 11.1 Å². The van der Waals surface area contributed by atoms with Crippen molar-refractivity contribution in [3.8, 4) is 0 Å². The van der Waals surface area contributed by atoms with E-state index in [1.807, 2.05) is 0 Å². The maximum absolute atomic E-state index is 13.5. The maximum atomic E-state index is 13.5. The van der Waals surface area contributed by atoms with Gasteiger partial charge in [0.25, 0.3) is 0 Å². The summed E-state index contributed by atoms with van der Waals surface area (Å²) in [6.07, 6.45) is 1.69. The molecule has 0 aliphatic heterocycles. The van der Waals surface area contributed by atoms with E-state index in [1.165, 1.54) is 14.1 Å². The summed E-state index contributed by atoms with van der Waals surface area (Å²) in [5.41, 5.74) is 4.08. The van der Waals surface area contributed by atoms with Gasteiger partial charge < -0.3 is 11.1 Å². The summed E-state index contributed by atoms with van der Waals surface area (Å²) in [6.45, 7) is 0. The number of aromatic nitrogens is 4. The first-order chi connectivity index (χ1) is 14.0. The van der Waals surface area contributed by atoms with Crippen molar-refractivity contribution in [2.45, 2.75) is 0 Å². The topological polar surface area (TPSA) is 124 Å². The molecule has 2 aromatic heterocycles. The van der Waals surface area contributed by atoms with Gasteiger partial charge in [0.05, 0.1) is 12.4 Å². The second kappa shape index (κ2) is 9.41. The predicted molar refractivity (Wildman–Crippen MR) is 112 cm³/mol. The Labute approximate surface area is 178 Å². The highest BCUT2D eigenvalue weighted by atomic mass is 35.5. The largest absolute Gasteiger partial charge is 0.382 e. The summed E-state index contributed by atoms with van der Waals surface area (Å²) in [4.78, 5) is 25.7. The van der Waals surface area contributed by atoms with Gasteiger partial charge in [0, 0.05) is 24.8 Å². The fourth-order valence-corrected chi connectivity index (χ4v) is 2.41. The number of nitrogens with two attached hydrogens (primary N) is 1. The van der Waals surface area contributed by atoms with Gasteiger partial charge >= 0.3 is 11.4 Å². The van der Waals surface area contributed by atoms with Crippen LogP contribution in [0.2, 0.25) is 5.02 Å². The SMILES string of the molecule is Cn1c(=N)c(F)cn(C(=S)Nc2ccc(Cl)cc2)c1=O.Cn1c(N)c(F)cnc1=O. The third kappa shape index (κ3) is 5.15. The molecule has 30 heavy (non-hydrogen) atoms. The molecule has 3 aromatic rings. The van der Waals surface area contributed by atoms with Crippen molar-refractivity contribution in [3.05, 3.63) is 79.8 Å². The van der Waals surface area contributed by atoms with E-state index in [1.54, 1.807) is 24.3 Å². The molecule has 0 radical (unpaired) electrons. The molecule has 0 atom stereocenters. The molecule has 158 valence electrons. The minimum atomic E-state index is -0.840. The maximum Gasteiger partial charge on any atom is 0.348 e. The van der Waals surface area contributed by atoms with Crippen LogP contribution in [0.25, 0.3) is 0 Å². The molecular formula is C17H16ClF2N7O2S. The van der Waals surface area contributed by atoms with Crippen LogP contribution in [-0.4, -0.2) is 23.8 Å². The Morgan fingerprint density at radius 3 is 2.33 bits per heavy atom. The monoisotopic (exact) mass is 455 g/mol. The molecular weight excluding hydrogens is 440 g/mol. The van der Waals surface area contributed by atoms with Crippen LogP contribution in [0, 0.1) is 17.0 Å². The van der Waals surface area contributed by atoms with Crippen LogP contribution in [0.5, 0.6) is 0 Å². The number of anilines is 2. The van der Waals surface area contributed by atoms with Crippen LogP contribution in [-0.2, 0) is 14.1 Å². The Morgan fingerprint density at radius 2 is 1.77 bits per heavy atom. The Hall–Kier alpha value is -3.38. The number of benzene rings is 1. The number of thiocarbonyl (C=S) groups is 1. The highest BCUT2D eigenvalue weighted by Crippen LogP contribution is 2.13. The van der Waals surface area contributed by atoms with Crippen molar-refractivity contribution in [1.29, 1.82) is 5.41 Å². The van der Waals surface area contributed by atoms with E-state index in [0.717, 1.165) is 26.1 Å². The van der Waals surface area contributed by atoms with Crippen molar-refractivity contribution >= 4 is 40.4 Å². The lowest BCUT2D eigenvalue weighted by Gasteiger charge is -2.11. The summed E-state index contributed by atoms with van der Waals surface area (Å²) in [7, 11) is 2.66. The van der Waals surface area contributed by atoms with Crippen molar-refractivity contribution in [1.82, 2.24) is 18.7 Å². The van der Waals surface area contributed by atoms with Crippen molar-refractivity contribution < 1.29 is 8.78 Å². The van der Waals surface area contributed by atoms with Crippen LogP contribution >= 0.6 is 23.8 Å². The lowest BCUT2D eigenvalue weighted by atomic mass is 10.3. The summed E-state index contributed by atoms with van der Waals surface area (Å²) in [6, 6.07) is 6.66. The van der Waals surface area contributed by atoms with Gasteiger partial charge in [0.15, 0.2) is 22.2 Å². The Kier molecular flexibility index (Phi) is 7.19. The Bertz CT molecular complexity index is 1270. The number of hydrogen-bond donors (Lipinski definition) is 3. The van der Waals surface area contributed by atoms with E-state index in [4.69, 9.17) is 35.0 Å². The van der Waals surface area contributed by atoms with Gasteiger partial charge in [0.1, 0.15) is 5.82 Å². The molecule has 0 unspecified atom stereocenters. The minimum absolute atomic E-state index is 0.00632. The normalized spacial score (nSPS) is 10.2. The molecule has 4 N–H and O–H groups in total. The third-order valence-electron chi connectivity index (χ3n) is 3.79. The molecule has 0 spiro atoms. The van der Waals surface area contributed by atoms with Gasteiger partial charge in [-0.2, -0.15) is 4.98 Å². The van der Waals surface area contributed by atoms with E-state index in [2.05, 4.69) is 10.3 Å². The first kappa shape index (κ1) is 22.9. The highest BCUT2D eigenvalue weighted by molar-refractivity contribution is 7.80. The van der Waals surface area contributed by atoms with Crippen LogP contribution in [0.3, 0.4) is 0 Å². The molecule has 0 aliphatic carbocycles. The van der Waals surface area contributed by atoms with Gasteiger partial charge in [-0.15, -0.1) is 0 Å². The fourth-order valence-electron chi connectivity index (χ4n) is 2.04. The molecule has 1 aromatic carbocycles.